The number of nitrogens with one attached hydrogen (secondary N) is 1. The van der Waals surface area contributed by atoms with Crippen LogP contribution in [0.5, 0.6) is 5.75 Å². The van der Waals surface area contributed by atoms with Gasteiger partial charge in [0.1, 0.15) is 6.26 Å². The van der Waals surface area contributed by atoms with E-state index in [9.17, 15) is 9.18 Å². The summed E-state index contributed by atoms with van der Waals surface area (Å²) in [6.45, 7) is 0. The number of hydrogen-bond acceptors (Lipinski definition) is 5. The molecule has 2 N–H and O–H groups in total. The summed E-state index contributed by atoms with van der Waals surface area (Å²) in [7, 11) is 1.36. The van der Waals surface area contributed by atoms with Crippen LogP contribution in [0.1, 0.15) is 10.5 Å². The molecule has 0 fully saturated rings. The average Bonchev–Trinajstić information content (AvgIpc) is 2.78. The van der Waals surface area contributed by atoms with Crippen LogP contribution in [-0.4, -0.2) is 23.2 Å². The van der Waals surface area contributed by atoms with Gasteiger partial charge in [0.15, 0.2) is 17.3 Å². The van der Waals surface area contributed by atoms with Gasteiger partial charge in [-0.1, -0.05) is 0 Å². The maximum absolute atomic E-state index is 13.4. The van der Waals surface area contributed by atoms with Crippen LogP contribution in [0.15, 0.2) is 28.9 Å². The van der Waals surface area contributed by atoms with E-state index in [-0.39, 0.29) is 17.5 Å². The number of ether oxygens (including phenoxy) is 1. The fraction of sp³-hybridized carbons (Fsp3) is 0.0909. The highest BCUT2D eigenvalue weighted by molar-refractivity contribution is 5.85. The standard InChI is InChI=1S/C11H9FN2O4/c1-17-9-3-2-6(4-7(9)12)13-11-14-8(5-18-11)10(15)16/h2-5H,1H3,(H,13,14)(H,15,16). The number of carboxylic acid groups (broad SMARTS) is 1. The molecule has 0 aliphatic rings. The highest BCUT2D eigenvalue weighted by Crippen LogP contribution is 2.23. The second-order valence-corrected chi connectivity index (χ2v) is 3.32. The van der Waals surface area contributed by atoms with Crippen molar-refractivity contribution < 1.29 is 23.4 Å². The Morgan fingerprint density at radius 1 is 1.56 bits per heavy atom. The van der Waals surface area contributed by atoms with E-state index in [0.717, 1.165) is 6.26 Å². The fourth-order valence-electron chi connectivity index (χ4n) is 1.30. The van der Waals surface area contributed by atoms with Crippen molar-refractivity contribution >= 4 is 17.7 Å². The summed E-state index contributed by atoms with van der Waals surface area (Å²) >= 11 is 0. The number of carboxylic acids is 1. The zero-order valence-corrected chi connectivity index (χ0v) is 9.31. The Kier molecular flexibility index (Phi) is 3.13. The van der Waals surface area contributed by atoms with Gasteiger partial charge in [-0.05, 0) is 12.1 Å². The van der Waals surface area contributed by atoms with Crippen LogP contribution in [0.4, 0.5) is 16.1 Å². The first-order valence-corrected chi connectivity index (χ1v) is 4.89. The highest BCUT2D eigenvalue weighted by atomic mass is 19.1. The number of rotatable bonds is 4. The number of halogens is 1. The molecule has 0 radical (unpaired) electrons. The molecule has 94 valence electrons. The Morgan fingerprint density at radius 2 is 2.33 bits per heavy atom. The van der Waals surface area contributed by atoms with Gasteiger partial charge >= 0.3 is 5.97 Å². The summed E-state index contributed by atoms with van der Waals surface area (Å²) in [6, 6.07) is 4.13. The summed E-state index contributed by atoms with van der Waals surface area (Å²) in [6.07, 6.45) is 0.991. The Morgan fingerprint density at radius 3 is 2.89 bits per heavy atom. The van der Waals surface area contributed by atoms with E-state index >= 15 is 0 Å². The van der Waals surface area contributed by atoms with Gasteiger partial charge in [0.2, 0.25) is 0 Å². The average molecular weight is 252 g/mol. The minimum Gasteiger partial charge on any atom is -0.494 e. The molecule has 6 nitrogen and oxygen atoms in total. The molecule has 0 saturated carbocycles. The molecule has 0 spiro atoms. The van der Waals surface area contributed by atoms with Crippen molar-refractivity contribution in [3.63, 3.8) is 0 Å². The van der Waals surface area contributed by atoms with Gasteiger partial charge in [-0.25, -0.2) is 9.18 Å². The minimum absolute atomic E-state index is 0.0306. The second kappa shape index (κ2) is 4.74. The van der Waals surface area contributed by atoms with Crippen LogP contribution in [0.2, 0.25) is 0 Å². The molecule has 0 saturated heterocycles. The van der Waals surface area contributed by atoms with Crippen molar-refractivity contribution in [2.24, 2.45) is 0 Å². The topological polar surface area (TPSA) is 84.6 Å². The number of aromatic carboxylic acids is 1. The van der Waals surface area contributed by atoms with Gasteiger partial charge in [0, 0.05) is 11.8 Å². The molecule has 0 aliphatic heterocycles. The molecule has 0 bridgehead atoms. The Hall–Kier alpha value is -2.57. The molecule has 1 aromatic heterocycles. The first kappa shape index (κ1) is 11.9. The molecular weight excluding hydrogens is 243 g/mol. The normalized spacial score (nSPS) is 10.1. The SMILES string of the molecule is COc1ccc(Nc2nc(C(=O)O)co2)cc1F. The van der Waals surface area contributed by atoms with Crippen LogP contribution in [0, 0.1) is 5.82 Å². The summed E-state index contributed by atoms with van der Waals surface area (Å²) in [5, 5.41) is 11.3. The van der Waals surface area contributed by atoms with Crippen molar-refractivity contribution in [3.05, 3.63) is 36.0 Å². The number of anilines is 2. The predicted octanol–water partition coefficient (Wildman–Crippen LogP) is 2.26. The number of hydrogen-bond donors (Lipinski definition) is 2. The Balaban J connectivity index is 2.18. The largest absolute Gasteiger partial charge is 0.494 e. The van der Waals surface area contributed by atoms with Crippen LogP contribution in [-0.2, 0) is 0 Å². The van der Waals surface area contributed by atoms with Gasteiger partial charge in [0.05, 0.1) is 7.11 Å². The van der Waals surface area contributed by atoms with E-state index in [1.165, 1.54) is 19.2 Å². The Labute approximate surface area is 101 Å². The molecule has 0 unspecified atom stereocenters. The van der Waals surface area contributed by atoms with Gasteiger partial charge in [-0.2, -0.15) is 4.98 Å². The molecule has 0 aliphatic carbocycles. The van der Waals surface area contributed by atoms with Crippen LogP contribution in [0.25, 0.3) is 0 Å². The fourth-order valence-corrected chi connectivity index (χ4v) is 1.30. The first-order chi connectivity index (χ1) is 8.60. The number of oxazole rings is 1. The predicted molar refractivity (Wildman–Crippen MR) is 59.7 cm³/mol. The first-order valence-electron chi connectivity index (χ1n) is 4.89. The molecular formula is C11H9FN2O4. The summed E-state index contributed by atoms with van der Waals surface area (Å²) in [5.74, 6) is -1.64. The van der Waals surface area contributed by atoms with Crippen LogP contribution in [0.3, 0.4) is 0 Å². The van der Waals surface area contributed by atoms with E-state index in [2.05, 4.69) is 10.3 Å². The van der Waals surface area contributed by atoms with Crippen LogP contribution < -0.4 is 10.1 Å². The molecule has 0 atom stereocenters. The van der Waals surface area contributed by atoms with Gasteiger partial charge in [-0.3, -0.25) is 0 Å². The number of aromatic nitrogens is 1. The molecule has 2 rings (SSSR count). The molecule has 1 aromatic carbocycles. The lowest BCUT2D eigenvalue weighted by Crippen LogP contribution is -1.97. The van der Waals surface area contributed by atoms with Crippen molar-refractivity contribution in [1.82, 2.24) is 4.98 Å². The summed E-state index contributed by atoms with van der Waals surface area (Å²) in [4.78, 5) is 14.2. The molecule has 0 amide bonds. The van der Waals surface area contributed by atoms with Crippen LogP contribution >= 0.6 is 0 Å². The number of benzene rings is 1. The third kappa shape index (κ3) is 2.40. The van der Waals surface area contributed by atoms with E-state index in [1.54, 1.807) is 6.07 Å². The number of methoxy groups -OCH3 is 1. The monoisotopic (exact) mass is 252 g/mol. The van der Waals surface area contributed by atoms with Gasteiger partial charge in [-0.15, -0.1) is 0 Å². The lowest BCUT2D eigenvalue weighted by atomic mass is 10.3. The Bertz CT molecular complexity index is 582. The van der Waals surface area contributed by atoms with Gasteiger partial charge < -0.3 is 19.6 Å². The molecule has 1 heterocycles. The smallest absolute Gasteiger partial charge is 0.357 e. The maximum Gasteiger partial charge on any atom is 0.357 e. The van der Waals surface area contributed by atoms with Crippen molar-refractivity contribution in [2.75, 3.05) is 12.4 Å². The zero-order chi connectivity index (χ0) is 13.1. The van der Waals surface area contributed by atoms with Crippen molar-refractivity contribution in [2.45, 2.75) is 0 Å². The third-order valence-electron chi connectivity index (χ3n) is 2.13. The van der Waals surface area contributed by atoms with E-state index in [1.807, 2.05) is 0 Å². The minimum atomic E-state index is -1.20. The third-order valence-corrected chi connectivity index (χ3v) is 2.13. The van der Waals surface area contributed by atoms with Crippen molar-refractivity contribution in [3.8, 4) is 5.75 Å². The molecule has 7 heteroatoms. The van der Waals surface area contributed by atoms with E-state index < -0.39 is 11.8 Å². The summed E-state index contributed by atoms with van der Waals surface area (Å²) < 4.78 is 23.0. The quantitative estimate of drug-likeness (QED) is 0.868. The zero-order valence-electron chi connectivity index (χ0n) is 9.31. The lowest BCUT2D eigenvalue weighted by molar-refractivity contribution is 0.0690. The van der Waals surface area contributed by atoms with Crippen molar-refractivity contribution in [1.29, 1.82) is 0 Å². The van der Waals surface area contributed by atoms with Gasteiger partial charge in [0.25, 0.3) is 6.01 Å². The summed E-state index contributed by atoms with van der Waals surface area (Å²) in [5.41, 5.74) is 0.138. The molecule has 2 aromatic rings. The second-order valence-electron chi connectivity index (χ2n) is 3.32. The molecule has 18 heavy (non-hydrogen) atoms. The number of nitrogens with zero attached hydrogens (tertiary/aromatic N) is 1. The van der Waals surface area contributed by atoms with E-state index in [0.29, 0.717) is 5.69 Å². The lowest BCUT2D eigenvalue weighted by Gasteiger charge is -2.04. The highest BCUT2D eigenvalue weighted by Gasteiger charge is 2.11. The number of carbonyl (C=O) groups is 1. The maximum atomic E-state index is 13.4. The van der Waals surface area contributed by atoms with E-state index in [4.69, 9.17) is 14.3 Å².